The molecule has 1 aromatic rings. The predicted octanol–water partition coefficient (Wildman–Crippen LogP) is 2.69. The molecule has 1 fully saturated rings. The minimum atomic E-state index is -0.217. The highest BCUT2D eigenvalue weighted by atomic mass is 35.5. The van der Waals surface area contributed by atoms with E-state index in [0.29, 0.717) is 18.9 Å². The molecule has 2 atom stereocenters. The number of hydrogen-bond donors (Lipinski definition) is 1. The van der Waals surface area contributed by atoms with Crippen molar-refractivity contribution in [2.45, 2.75) is 38.1 Å². The Hall–Kier alpha value is -1.13. The summed E-state index contributed by atoms with van der Waals surface area (Å²) in [5.74, 6) is 0.283. The molecule has 1 aliphatic rings. The van der Waals surface area contributed by atoms with E-state index in [9.17, 15) is 9.18 Å². The molecule has 2 rings (SSSR count). The van der Waals surface area contributed by atoms with Crippen molar-refractivity contribution in [3.05, 3.63) is 35.6 Å². The molecule has 0 saturated carbocycles. The zero-order valence-electron chi connectivity index (χ0n) is 11.7. The summed E-state index contributed by atoms with van der Waals surface area (Å²) in [4.78, 5) is 14.0. The molecule has 2 N–H and O–H groups in total. The van der Waals surface area contributed by atoms with Crippen LogP contribution in [0.5, 0.6) is 0 Å². The first-order valence-electron chi connectivity index (χ1n) is 6.87. The summed E-state index contributed by atoms with van der Waals surface area (Å²) in [5.41, 5.74) is 6.55. The zero-order valence-corrected chi connectivity index (χ0v) is 12.5. The first kappa shape index (κ1) is 16.9. The molecular weight excluding hydrogens is 279 g/mol. The Morgan fingerprint density at radius 3 is 2.65 bits per heavy atom. The van der Waals surface area contributed by atoms with Crippen molar-refractivity contribution < 1.29 is 9.18 Å². The number of amides is 1. The molecule has 0 aromatic heterocycles. The summed E-state index contributed by atoms with van der Waals surface area (Å²) in [6.07, 6.45) is 2.21. The molecule has 1 amide bonds. The molecule has 0 radical (unpaired) electrons. The fourth-order valence-corrected chi connectivity index (χ4v) is 2.75. The van der Waals surface area contributed by atoms with E-state index in [2.05, 4.69) is 6.92 Å². The van der Waals surface area contributed by atoms with E-state index in [1.54, 1.807) is 0 Å². The molecule has 1 aromatic carbocycles. The van der Waals surface area contributed by atoms with Crippen LogP contribution in [0.1, 0.15) is 37.7 Å². The second kappa shape index (κ2) is 7.60. The molecule has 0 bridgehead atoms. The van der Waals surface area contributed by atoms with E-state index in [-0.39, 0.29) is 30.2 Å². The number of carbonyl (C=O) groups is 1. The SMILES string of the molecule is CC1CC(c2ccc(F)cc2)CN1C(=O)CCCN.Cl. The van der Waals surface area contributed by atoms with Crippen molar-refractivity contribution in [1.29, 1.82) is 0 Å². The standard InChI is InChI=1S/C15H21FN2O.ClH/c1-11-9-13(12-4-6-14(16)7-5-12)10-18(11)15(19)3-2-8-17;/h4-7,11,13H,2-3,8-10,17H2,1H3;1H. The van der Waals surface area contributed by atoms with E-state index in [4.69, 9.17) is 5.73 Å². The summed E-state index contributed by atoms with van der Waals surface area (Å²) in [6.45, 7) is 3.36. The van der Waals surface area contributed by atoms with Crippen LogP contribution in [0.25, 0.3) is 0 Å². The van der Waals surface area contributed by atoms with Gasteiger partial charge in [-0.25, -0.2) is 4.39 Å². The van der Waals surface area contributed by atoms with E-state index < -0.39 is 0 Å². The number of carbonyl (C=O) groups excluding carboxylic acids is 1. The van der Waals surface area contributed by atoms with Crippen molar-refractivity contribution in [3.8, 4) is 0 Å². The Labute approximate surface area is 125 Å². The van der Waals surface area contributed by atoms with Crippen LogP contribution in [0.15, 0.2) is 24.3 Å². The van der Waals surface area contributed by atoms with E-state index in [1.807, 2.05) is 17.0 Å². The van der Waals surface area contributed by atoms with Gasteiger partial charge in [-0.1, -0.05) is 12.1 Å². The lowest BCUT2D eigenvalue weighted by molar-refractivity contribution is -0.131. The number of rotatable bonds is 4. The van der Waals surface area contributed by atoms with Gasteiger partial charge in [0.05, 0.1) is 0 Å². The van der Waals surface area contributed by atoms with Gasteiger partial charge in [0.1, 0.15) is 5.82 Å². The van der Waals surface area contributed by atoms with Crippen LogP contribution in [-0.4, -0.2) is 29.9 Å². The largest absolute Gasteiger partial charge is 0.339 e. The van der Waals surface area contributed by atoms with Crippen molar-refractivity contribution in [2.75, 3.05) is 13.1 Å². The minimum Gasteiger partial charge on any atom is -0.339 e. The highest BCUT2D eigenvalue weighted by molar-refractivity contribution is 5.85. The van der Waals surface area contributed by atoms with Gasteiger partial charge in [0, 0.05) is 24.9 Å². The number of hydrogen-bond acceptors (Lipinski definition) is 2. The number of nitrogens with two attached hydrogens (primary N) is 1. The molecule has 2 unspecified atom stereocenters. The maximum Gasteiger partial charge on any atom is 0.222 e. The van der Waals surface area contributed by atoms with Gasteiger partial charge >= 0.3 is 0 Å². The van der Waals surface area contributed by atoms with Crippen molar-refractivity contribution in [1.82, 2.24) is 4.90 Å². The topological polar surface area (TPSA) is 46.3 Å². The maximum absolute atomic E-state index is 12.9. The molecule has 3 nitrogen and oxygen atoms in total. The Kier molecular flexibility index (Phi) is 6.43. The smallest absolute Gasteiger partial charge is 0.222 e. The number of benzene rings is 1. The van der Waals surface area contributed by atoms with Gasteiger partial charge in [0.15, 0.2) is 0 Å². The van der Waals surface area contributed by atoms with Crippen LogP contribution in [-0.2, 0) is 4.79 Å². The maximum atomic E-state index is 12.9. The summed E-state index contributed by atoms with van der Waals surface area (Å²) in [6, 6.07) is 6.86. The van der Waals surface area contributed by atoms with Crippen molar-refractivity contribution in [3.63, 3.8) is 0 Å². The second-order valence-electron chi connectivity index (χ2n) is 5.27. The van der Waals surface area contributed by atoms with Gasteiger partial charge in [0.2, 0.25) is 5.91 Å². The fourth-order valence-electron chi connectivity index (χ4n) is 2.75. The zero-order chi connectivity index (χ0) is 13.8. The predicted molar refractivity (Wildman–Crippen MR) is 80.5 cm³/mol. The number of likely N-dealkylation sites (tertiary alicyclic amines) is 1. The molecular formula is C15H22ClFN2O. The highest BCUT2D eigenvalue weighted by Gasteiger charge is 2.32. The fraction of sp³-hybridized carbons (Fsp3) is 0.533. The lowest BCUT2D eigenvalue weighted by Gasteiger charge is -2.21. The van der Waals surface area contributed by atoms with Gasteiger partial charge in [-0.2, -0.15) is 0 Å². The summed E-state index contributed by atoms with van der Waals surface area (Å²) >= 11 is 0. The quantitative estimate of drug-likeness (QED) is 0.929. The molecule has 1 heterocycles. The van der Waals surface area contributed by atoms with Gasteiger partial charge < -0.3 is 10.6 Å². The Morgan fingerprint density at radius 2 is 2.05 bits per heavy atom. The average molecular weight is 301 g/mol. The lowest BCUT2D eigenvalue weighted by atomic mass is 9.97. The van der Waals surface area contributed by atoms with Gasteiger partial charge in [-0.05, 0) is 44.0 Å². The van der Waals surface area contributed by atoms with Crippen LogP contribution in [0, 0.1) is 5.82 Å². The van der Waals surface area contributed by atoms with Crippen molar-refractivity contribution in [2.24, 2.45) is 5.73 Å². The summed E-state index contributed by atoms with van der Waals surface area (Å²) in [5, 5.41) is 0. The van der Waals surface area contributed by atoms with Crippen LogP contribution in [0.3, 0.4) is 0 Å². The first-order valence-corrected chi connectivity index (χ1v) is 6.87. The number of nitrogens with zero attached hydrogens (tertiary/aromatic N) is 1. The van der Waals surface area contributed by atoms with Gasteiger partial charge in [-0.15, -0.1) is 12.4 Å². The average Bonchev–Trinajstić information content (AvgIpc) is 2.79. The van der Waals surface area contributed by atoms with E-state index in [0.717, 1.165) is 24.9 Å². The monoisotopic (exact) mass is 300 g/mol. The van der Waals surface area contributed by atoms with E-state index in [1.165, 1.54) is 12.1 Å². The highest BCUT2D eigenvalue weighted by Crippen LogP contribution is 2.32. The second-order valence-corrected chi connectivity index (χ2v) is 5.27. The molecule has 0 spiro atoms. The third kappa shape index (κ3) is 3.93. The molecule has 5 heteroatoms. The van der Waals surface area contributed by atoms with Crippen LogP contribution in [0.4, 0.5) is 4.39 Å². The Balaban J connectivity index is 0.00000200. The Morgan fingerprint density at radius 1 is 1.40 bits per heavy atom. The number of halogens is 2. The third-order valence-electron chi connectivity index (χ3n) is 3.83. The minimum absolute atomic E-state index is 0. The summed E-state index contributed by atoms with van der Waals surface area (Å²) in [7, 11) is 0. The van der Waals surface area contributed by atoms with Crippen LogP contribution < -0.4 is 5.73 Å². The van der Waals surface area contributed by atoms with Crippen LogP contribution in [0.2, 0.25) is 0 Å². The first-order chi connectivity index (χ1) is 9.11. The molecule has 1 aliphatic heterocycles. The van der Waals surface area contributed by atoms with Crippen molar-refractivity contribution >= 4 is 18.3 Å². The third-order valence-corrected chi connectivity index (χ3v) is 3.83. The molecule has 1 saturated heterocycles. The molecule has 0 aliphatic carbocycles. The lowest BCUT2D eigenvalue weighted by Crippen LogP contribution is -2.34. The molecule has 112 valence electrons. The normalized spacial score (nSPS) is 21.6. The summed E-state index contributed by atoms with van der Waals surface area (Å²) < 4.78 is 12.9. The molecule has 20 heavy (non-hydrogen) atoms. The van der Waals surface area contributed by atoms with Gasteiger partial charge in [0.25, 0.3) is 0 Å². The van der Waals surface area contributed by atoms with E-state index >= 15 is 0 Å². The van der Waals surface area contributed by atoms with Crippen LogP contribution >= 0.6 is 12.4 Å². The van der Waals surface area contributed by atoms with Gasteiger partial charge in [-0.3, -0.25) is 4.79 Å². The Bertz CT molecular complexity index is 438.